The molecule has 1 fully saturated rings. The summed E-state index contributed by atoms with van der Waals surface area (Å²) in [4.78, 5) is 14.8. The topological polar surface area (TPSA) is 32.3 Å². The molecule has 1 aromatic carbocycles. The van der Waals surface area contributed by atoms with Gasteiger partial charge in [0.2, 0.25) is 0 Å². The monoisotopic (exact) mass is 290 g/mol. The van der Waals surface area contributed by atoms with E-state index < -0.39 is 5.82 Å². The smallest absolute Gasteiger partial charge is 0.265 e. The Balaban J connectivity index is 1.81. The molecule has 0 bridgehead atoms. The Kier molecular flexibility index (Phi) is 3.69. The summed E-state index contributed by atoms with van der Waals surface area (Å²) in [6.07, 6.45) is 2.32. The zero-order valence-corrected chi connectivity index (χ0v) is 11.8. The van der Waals surface area contributed by atoms with Gasteiger partial charge in [0.15, 0.2) is 0 Å². The van der Waals surface area contributed by atoms with Crippen molar-refractivity contribution in [2.75, 3.05) is 23.3 Å². The highest BCUT2D eigenvalue weighted by atomic mass is 32.1. The van der Waals surface area contributed by atoms with Crippen LogP contribution in [0.3, 0.4) is 0 Å². The number of halogens is 1. The first-order valence-electron chi connectivity index (χ1n) is 6.63. The molecule has 0 spiro atoms. The van der Waals surface area contributed by atoms with E-state index in [1.54, 1.807) is 24.3 Å². The summed E-state index contributed by atoms with van der Waals surface area (Å²) < 4.78 is 13.8. The summed E-state index contributed by atoms with van der Waals surface area (Å²) in [7, 11) is 0. The average molecular weight is 290 g/mol. The maximum atomic E-state index is 13.8. The third-order valence-electron chi connectivity index (χ3n) is 3.41. The predicted octanol–water partition coefficient (Wildman–Crippen LogP) is 3.74. The molecule has 2 heterocycles. The number of hydrogen-bond acceptors (Lipinski definition) is 3. The van der Waals surface area contributed by atoms with Crippen LogP contribution in [0.25, 0.3) is 0 Å². The summed E-state index contributed by atoms with van der Waals surface area (Å²) >= 11 is 1.34. The van der Waals surface area contributed by atoms with Gasteiger partial charge in [0, 0.05) is 18.8 Å². The van der Waals surface area contributed by atoms with Crippen molar-refractivity contribution >= 4 is 28.6 Å². The minimum Gasteiger partial charge on any atom is -0.371 e. The van der Waals surface area contributed by atoms with E-state index in [-0.39, 0.29) is 11.6 Å². The van der Waals surface area contributed by atoms with E-state index in [0.717, 1.165) is 31.6 Å². The van der Waals surface area contributed by atoms with Crippen LogP contribution in [0.2, 0.25) is 0 Å². The highest BCUT2D eigenvalue weighted by molar-refractivity contribution is 7.12. The quantitative estimate of drug-likeness (QED) is 0.934. The van der Waals surface area contributed by atoms with Gasteiger partial charge in [-0.05, 0) is 42.5 Å². The van der Waals surface area contributed by atoms with Crippen LogP contribution in [0.15, 0.2) is 35.7 Å². The van der Waals surface area contributed by atoms with E-state index in [4.69, 9.17) is 0 Å². The highest BCUT2D eigenvalue weighted by Gasteiger charge is 2.15. The second-order valence-electron chi connectivity index (χ2n) is 4.79. The standard InChI is InChI=1S/C15H15FN2OS/c16-12-6-5-11(18-7-1-2-8-18)10-13(12)17-15(19)14-4-3-9-20-14/h3-6,9-10H,1-2,7-8H2,(H,17,19). The van der Waals surface area contributed by atoms with Crippen LogP contribution in [0.4, 0.5) is 15.8 Å². The molecular weight excluding hydrogens is 275 g/mol. The molecule has 1 aliphatic rings. The van der Waals surface area contributed by atoms with Crippen molar-refractivity contribution in [3.05, 3.63) is 46.4 Å². The van der Waals surface area contributed by atoms with E-state index in [1.807, 2.05) is 5.38 Å². The molecule has 1 amide bonds. The Morgan fingerprint density at radius 2 is 2.05 bits per heavy atom. The Morgan fingerprint density at radius 1 is 1.25 bits per heavy atom. The third-order valence-corrected chi connectivity index (χ3v) is 4.28. The molecule has 1 aliphatic heterocycles. The SMILES string of the molecule is O=C(Nc1cc(N2CCCC2)ccc1F)c1cccs1. The predicted molar refractivity (Wildman–Crippen MR) is 80.1 cm³/mol. The number of amides is 1. The van der Waals surface area contributed by atoms with Gasteiger partial charge >= 0.3 is 0 Å². The number of carbonyl (C=O) groups is 1. The van der Waals surface area contributed by atoms with Gasteiger partial charge in [0.1, 0.15) is 5.82 Å². The minimum absolute atomic E-state index is 0.243. The number of nitrogens with one attached hydrogen (secondary N) is 1. The number of carbonyl (C=O) groups excluding carboxylic acids is 1. The van der Waals surface area contributed by atoms with Crippen LogP contribution >= 0.6 is 11.3 Å². The maximum Gasteiger partial charge on any atom is 0.265 e. The lowest BCUT2D eigenvalue weighted by Gasteiger charge is -2.18. The molecule has 1 aromatic heterocycles. The minimum atomic E-state index is -0.405. The summed E-state index contributed by atoms with van der Waals surface area (Å²) in [6, 6.07) is 8.42. The van der Waals surface area contributed by atoms with Gasteiger partial charge < -0.3 is 10.2 Å². The van der Waals surface area contributed by atoms with Gasteiger partial charge in [-0.1, -0.05) is 6.07 Å². The van der Waals surface area contributed by atoms with Crippen molar-refractivity contribution < 1.29 is 9.18 Å². The van der Waals surface area contributed by atoms with Crippen LogP contribution in [0.5, 0.6) is 0 Å². The van der Waals surface area contributed by atoms with E-state index in [9.17, 15) is 9.18 Å². The van der Waals surface area contributed by atoms with Crippen LogP contribution in [-0.2, 0) is 0 Å². The molecule has 3 nitrogen and oxygen atoms in total. The van der Waals surface area contributed by atoms with Crippen LogP contribution < -0.4 is 10.2 Å². The number of rotatable bonds is 3. The van der Waals surface area contributed by atoms with Crippen molar-refractivity contribution in [1.82, 2.24) is 0 Å². The maximum absolute atomic E-state index is 13.8. The third kappa shape index (κ3) is 2.67. The van der Waals surface area contributed by atoms with Gasteiger partial charge in [-0.15, -0.1) is 11.3 Å². The summed E-state index contributed by atoms with van der Waals surface area (Å²) in [5, 5.41) is 4.47. The Labute approximate surface area is 121 Å². The number of anilines is 2. The van der Waals surface area contributed by atoms with Gasteiger partial charge in [-0.2, -0.15) is 0 Å². The fraction of sp³-hybridized carbons (Fsp3) is 0.267. The fourth-order valence-electron chi connectivity index (χ4n) is 2.37. The molecule has 1 N–H and O–H groups in total. The molecule has 0 atom stereocenters. The first-order chi connectivity index (χ1) is 9.74. The number of nitrogens with zero attached hydrogens (tertiary/aromatic N) is 1. The van der Waals surface area contributed by atoms with Crippen molar-refractivity contribution in [1.29, 1.82) is 0 Å². The summed E-state index contributed by atoms with van der Waals surface area (Å²) in [5.74, 6) is -0.671. The lowest BCUT2D eigenvalue weighted by molar-refractivity contribution is 0.103. The van der Waals surface area contributed by atoms with Gasteiger partial charge in [0.25, 0.3) is 5.91 Å². The highest BCUT2D eigenvalue weighted by Crippen LogP contribution is 2.26. The van der Waals surface area contributed by atoms with E-state index >= 15 is 0 Å². The van der Waals surface area contributed by atoms with E-state index in [0.29, 0.717) is 4.88 Å². The van der Waals surface area contributed by atoms with Crippen LogP contribution in [0.1, 0.15) is 22.5 Å². The molecule has 0 aliphatic carbocycles. The largest absolute Gasteiger partial charge is 0.371 e. The van der Waals surface area contributed by atoms with E-state index in [2.05, 4.69) is 10.2 Å². The Hall–Kier alpha value is -1.88. The van der Waals surface area contributed by atoms with Gasteiger partial charge in [-0.25, -0.2) is 4.39 Å². The first kappa shape index (κ1) is 13.1. The molecule has 20 heavy (non-hydrogen) atoms. The Bertz CT molecular complexity index is 606. The second-order valence-corrected chi connectivity index (χ2v) is 5.74. The van der Waals surface area contributed by atoms with Crippen molar-refractivity contribution in [2.24, 2.45) is 0 Å². The first-order valence-corrected chi connectivity index (χ1v) is 7.51. The Morgan fingerprint density at radius 3 is 2.75 bits per heavy atom. The van der Waals surface area contributed by atoms with E-state index in [1.165, 1.54) is 17.4 Å². The molecule has 3 rings (SSSR count). The zero-order chi connectivity index (χ0) is 13.9. The van der Waals surface area contributed by atoms with Gasteiger partial charge in [0.05, 0.1) is 10.6 Å². The molecule has 104 valence electrons. The fourth-order valence-corrected chi connectivity index (χ4v) is 2.99. The summed E-state index contributed by atoms with van der Waals surface area (Å²) in [6.45, 7) is 1.98. The lowest BCUT2D eigenvalue weighted by Crippen LogP contribution is -2.18. The van der Waals surface area contributed by atoms with Crippen molar-refractivity contribution in [3.63, 3.8) is 0 Å². The van der Waals surface area contributed by atoms with Gasteiger partial charge in [-0.3, -0.25) is 4.79 Å². The lowest BCUT2D eigenvalue weighted by atomic mass is 10.2. The normalized spacial score (nSPS) is 14.6. The molecule has 1 saturated heterocycles. The molecule has 5 heteroatoms. The zero-order valence-electron chi connectivity index (χ0n) is 10.9. The number of thiophene rings is 1. The van der Waals surface area contributed by atoms with Crippen LogP contribution in [0, 0.1) is 5.82 Å². The number of hydrogen-bond donors (Lipinski definition) is 1. The molecule has 0 unspecified atom stereocenters. The van der Waals surface area contributed by atoms with Crippen molar-refractivity contribution in [2.45, 2.75) is 12.8 Å². The molecule has 2 aromatic rings. The number of benzene rings is 1. The molecule has 0 radical (unpaired) electrons. The van der Waals surface area contributed by atoms with Crippen molar-refractivity contribution in [3.8, 4) is 0 Å². The molecular formula is C15H15FN2OS. The second kappa shape index (κ2) is 5.63. The summed E-state index contributed by atoms with van der Waals surface area (Å²) in [5.41, 5.74) is 1.21. The molecule has 0 saturated carbocycles. The van der Waals surface area contributed by atoms with Crippen LogP contribution in [-0.4, -0.2) is 19.0 Å². The average Bonchev–Trinajstić information content (AvgIpc) is 3.14.